The number of allylic oxidation sites excluding steroid dienone is 15. The van der Waals surface area contributed by atoms with Crippen LogP contribution >= 0.6 is 0 Å². The Hall–Kier alpha value is -6.96. The molecule has 0 spiro atoms. The summed E-state index contributed by atoms with van der Waals surface area (Å²) >= 11 is 0. The average molecular weight is 1710 g/mol. The fraction of sp³-hybridized carbons (Fsp3) is 0.511. The second kappa shape index (κ2) is 44.3. The van der Waals surface area contributed by atoms with Crippen molar-refractivity contribution in [2.75, 3.05) is 67.7 Å². The molecule has 13 nitrogen and oxygen atoms in total. The minimum absolute atomic E-state index is 0. The molecule has 1 saturated heterocycles. The molecule has 11 rings (SSSR count). The molecule has 0 unspecified atom stereocenters. The molecule has 0 aromatic heterocycles. The fourth-order valence-electron chi connectivity index (χ4n) is 16.1. The lowest BCUT2D eigenvalue weighted by Crippen LogP contribution is -3.00. The van der Waals surface area contributed by atoms with E-state index in [1.54, 1.807) is 0 Å². The van der Waals surface area contributed by atoms with Crippen LogP contribution in [0.2, 0.25) is 0 Å². The zero-order valence-electron chi connectivity index (χ0n) is 69.3. The van der Waals surface area contributed by atoms with Gasteiger partial charge in [0, 0.05) is 137 Å². The molecule has 2 fully saturated rings. The number of ether oxygens (including phenoxy) is 2. The number of fused-ring (bicyclic) bond motifs is 4. The number of likely N-dealkylation sites (N-methyl/N-ethyl adjacent to an activating group) is 1. The fourth-order valence-corrected chi connectivity index (χ4v) is 16.1. The highest BCUT2D eigenvalue weighted by molar-refractivity contribution is 6.10. The molecule has 5 aliphatic heterocycles. The summed E-state index contributed by atoms with van der Waals surface area (Å²) in [6.07, 6.45) is 34.9. The van der Waals surface area contributed by atoms with E-state index in [1.807, 2.05) is 0 Å². The van der Waals surface area contributed by atoms with Crippen molar-refractivity contribution in [1.82, 2.24) is 0 Å². The van der Waals surface area contributed by atoms with Crippen molar-refractivity contribution in [1.29, 1.82) is 0 Å². The Bertz CT molecular complexity index is 3960. The van der Waals surface area contributed by atoms with Gasteiger partial charge in [-0.1, -0.05) is 201 Å². The first kappa shape index (κ1) is 92.6. The maximum absolute atomic E-state index is 12.5. The third-order valence-corrected chi connectivity index (χ3v) is 21.2. The number of halogens is 2. The molecular weight excluding hydrogens is 1580 g/mol. The van der Waals surface area contributed by atoms with Crippen molar-refractivity contribution in [2.24, 2.45) is 0 Å². The van der Waals surface area contributed by atoms with Crippen LogP contribution in [0.5, 0.6) is 0 Å². The minimum Gasteiger partial charge on any atom is -1.00 e. The summed E-state index contributed by atoms with van der Waals surface area (Å²) in [5.41, 5.74) is 22.2. The Labute approximate surface area is 690 Å². The normalized spacial score (nSPS) is 20.2. The van der Waals surface area contributed by atoms with Crippen LogP contribution in [0, 0.1) is 0 Å². The van der Waals surface area contributed by atoms with E-state index in [-0.39, 0.29) is 100 Å². The van der Waals surface area contributed by atoms with E-state index in [0.717, 1.165) is 96.1 Å². The van der Waals surface area contributed by atoms with Gasteiger partial charge in [-0.15, -0.1) is 0 Å². The number of carboxylic acids is 1. The molecule has 594 valence electrons. The molecular formula is C94H131I2N5O8. The van der Waals surface area contributed by atoms with Gasteiger partial charge in [-0.2, -0.15) is 4.58 Å². The number of hydrogen-bond donors (Lipinski definition) is 2. The van der Waals surface area contributed by atoms with E-state index in [2.05, 4.69) is 292 Å². The molecule has 0 bridgehead atoms. The summed E-state index contributed by atoms with van der Waals surface area (Å²) in [4.78, 5) is 51.3. The highest BCUT2D eigenvalue weighted by Crippen LogP contribution is 2.51. The molecule has 1 saturated carbocycles. The van der Waals surface area contributed by atoms with Crippen LogP contribution in [0.4, 0.5) is 22.7 Å². The first-order valence-electron chi connectivity index (χ1n) is 40.6. The van der Waals surface area contributed by atoms with Gasteiger partial charge < -0.3 is 82.3 Å². The number of Topliss-reactive ketones (excluding diaryl/α,β-unsaturated/α-hetero) is 1. The lowest BCUT2D eigenvalue weighted by Gasteiger charge is -2.27. The topological polar surface area (TPSA) is 143 Å². The molecule has 4 aromatic rings. The van der Waals surface area contributed by atoms with Gasteiger partial charge in [-0.3, -0.25) is 19.2 Å². The Kier molecular flexibility index (Phi) is 37.7. The number of carbonyl (C=O) groups is 4. The van der Waals surface area contributed by atoms with Crippen LogP contribution in [-0.4, -0.2) is 107 Å². The van der Waals surface area contributed by atoms with Gasteiger partial charge in [0.1, 0.15) is 31.7 Å². The number of para-hydroxylation sites is 4. The Balaban J connectivity index is 0.000000329. The largest absolute Gasteiger partial charge is 1.00 e. The van der Waals surface area contributed by atoms with E-state index in [4.69, 9.17) is 9.84 Å². The number of aliphatic hydroxyl groups excluding tert-OH is 1. The summed E-state index contributed by atoms with van der Waals surface area (Å²) in [5, 5.41) is 18.9. The van der Waals surface area contributed by atoms with Crippen LogP contribution in [-0.2, 0) is 50.3 Å². The number of nitrogens with zero attached hydrogens (tertiary/aromatic N) is 5. The maximum Gasteiger partial charge on any atom is 0.313 e. The standard InChI is InChI=1S/C44H56N2O4.C39H52N3O.C5H6O3.2C3H8.2HI/c1-7-29-45-37-22-11-9-20-35(37)43(3,4)39(45)27-25-32-16-13-17-33(42(32)50-31-15-19-34(47)18-14-24-41(48)49)26-28-40-44(5,6)36-21-10-12-23-38(36)46(40)30-8-2;1-8-25-41-33-19-12-10-17-31(33)38(3,4)35(41)23-21-29-15-14-16-30(37(29)40(7)27-28-43)22-24-36-39(5,6)32-18-11-13-20-34(32)42(36)26-9-2;6-4-2-1-3-5(7)8-4;2*1-3-2;;/h9-12,20-23,25-28H,7-8,13-19,24,29-31H2,1-6H3;10-13,17-24,43H,8-9,14-16,25-28H2,1-7H3;1-3H2;2*3H2,1-2H3;2*1H/q;+1;;;;;/p-1. The number of anilines is 3. The number of aliphatic hydroxyl groups is 1. The van der Waals surface area contributed by atoms with Gasteiger partial charge in [-0.05, 0) is 161 Å². The van der Waals surface area contributed by atoms with Crippen molar-refractivity contribution < 1.29 is 96.0 Å². The van der Waals surface area contributed by atoms with Gasteiger partial charge in [-0.25, -0.2) is 4.58 Å². The number of rotatable bonds is 24. The molecule has 109 heavy (non-hydrogen) atoms. The van der Waals surface area contributed by atoms with Gasteiger partial charge in [0.15, 0.2) is 12.3 Å². The zero-order chi connectivity index (χ0) is 78.1. The van der Waals surface area contributed by atoms with E-state index in [1.165, 1.54) is 109 Å². The zero-order valence-corrected chi connectivity index (χ0v) is 73.6. The van der Waals surface area contributed by atoms with Gasteiger partial charge in [0.2, 0.25) is 11.4 Å². The molecule has 5 heterocycles. The molecule has 0 amide bonds. The maximum atomic E-state index is 12.5. The third kappa shape index (κ3) is 23.1. The molecule has 4 aromatic carbocycles. The van der Waals surface area contributed by atoms with Crippen LogP contribution in [0.25, 0.3) is 0 Å². The predicted molar refractivity (Wildman–Crippen MR) is 445 cm³/mol. The van der Waals surface area contributed by atoms with Crippen LogP contribution < -0.4 is 62.7 Å². The number of hydrogen-bond acceptors (Lipinski definition) is 10. The molecule has 2 N–H and O–H groups in total. The van der Waals surface area contributed by atoms with Crippen LogP contribution in [0.15, 0.2) is 191 Å². The summed E-state index contributed by atoms with van der Waals surface area (Å²) in [6.45, 7) is 41.4. The van der Waals surface area contributed by atoms with Crippen LogP contribution in [0.1, 0.15) is 261 Å². The summed E-state index contributed by atoms with van der Waals surface area (Å²) in [7, 11) is 2.14. The quantitative estimate of drug-likeness (QED) is 0.0228. The first-order chi connectivity index (χ1) is 51.3. The first-order valence-corrected chi connectivity index (χ1v) is 40.6. The summed E-state index contributed by atoms with van der Waals surface area (Å²) in [6, 6.07) is 35.3. The highest BCUT2D eigenvalue weighted by Gasteiger charge is 2.45. The smallest absolute Gasteiger partial charge is 0.313 e. The molecule has 15 heteroatoms. The van der Waals surface area contributed by atoms with E-state index >= 15 is 0 Å². The van der Waals surface area contributed by atoms with E-state index in [0.29, 0.717) is 58.1 Å². The number of aliphatic carboxylic acids is 1. The lowest BCUT2D eigenvalue weighted by molar-refractivity contribution is -0.499. The monoisotopic (exact) mass is 1710 g/mol. The Morgan fingerprint density at radius 2 is 0.917 bits per heavy atom. The van der Waals surface area contributed by atoms with Gasteiger partial charge >= 0.3 is 17.9 Å². The van der Waals surface area contributed by atoms with Crippen molar-refractivity contribution in [3.63, 3.8) is 0 Å². The van der Waals surface area contributed by atoms with Gasteiger partial charge in [0.05, 0.1) is 12.0 Å². The Morgan fingerprint density at radius 3 is 1.34 bits per heavy atom. The number of esters is 2. The SMILES string of the molecule is CCC.CCC.CCCN1/C(=C/C=C2\CCCC(/C=C/C3=[N+](CCC)c4ccccc4C3(C)C)=C2OCCCC(=O)CCCC(=O)O)C(C)(C)c2ccccc21.CCCN1C(=CC=C2CCC/C(=C\C=C3\N(CCC)c4ccccc4C3(C)C)C2=[N+](C)CCO)C(C)(C)c2ccccc21.O=C1CCCC(=O)O1.[I-].[I-]. The third-order valence-electron chi connectivity index (χ3n) is 21.2. The second-order valence-electron chi connectivity index (χ2n) is 31.5. The molecule has 0 atom stereocenters. The minimum atomic E-state index is -0.858. The van der Waals surface area contributed by atoms with E-state index < -0.39 is 5.97 Å². The number of cyclic esters (lactones) is 2. The molecule has 7 aliphatic rings. The summed E-state index contributed by atoms with van der Waals surface area (Å²) in [5.74, 6) is -0.595. The lowest BCUT2D eigenvalue weighted by atomic mass is 9.81. The van der Waals surface area contributed by atoms with E-state index in [9.17, 15) is 24.3 Å². The second-order valence-corrected chi connectivity index (χ2v) is 31.5. The van der Waals surface area contributed by atoms with Gasteiger partial charge in [0.25, 0.3) is 0 Å². The predicted octanol–water partition coefficient (Wildman–Crippen LogP) is 15.5. The molecule has 2 aliphatic carbocycles. The summed E-state index contributed by atoms with van der Waals surface area (Å²) < 4.78 is 15.6. The van der Waals surface area contributed by atoms with Crippen molar-refractivity contribution >= 4 is 57.9 Å². The van der Waals surface area contributed by atoms with Crippen molar-refractivity contribution in [2.45, 2.75) is 261 Å². The average Bonchev–Trinajstić information content (AvgIpc) is 1.62. The molecule has 0 radical (unpaired) electrons. The number of benzene rings is 4. The number of ketones is 1. The van der Waals surface area contributed by atoms with Crippen LogP contribution in [0.3, 0.4) is 0 Å². The number of carboxylic acid groups (broad SMARTS) is 1. The van der Waals surface area contributed by atoms with Crippen molar-refractivity contribution in [3.05, 3.63) is 213 Å². The highest BCUT2D eigenvalue weighted by atomic mass is 127. The van der Waals surface area contributed by atoms with Crippen molar-refractivity contribution in [3.8, 4) is 0 Å². The number of carbonyl (C=O) groups excluding carboxylic acids is 3. The Morgan fingerprint density at radius 1 is 0.514 bits per heavy atom.